The quantitative estimate of drug-likeness (QED) is 0.242. The molecule has 0 spiro atoms. The first-order chi connectivity index (χ1) is 18.8. The molecular formula is C33H20N4S. The molecule has 0 aliphatic rings. The summed E-state index contributed by atoms with van der Waals surface area (Å²) in [7, 11) is 0. The molecule has 3 aromatic heterocycles. The van der Waals surface area contributed by atoms with E-state index in [4.69, 9.17) is 15.0 Å². The fourth-order valence-corrected chi connectivity index (χ4v) is 6.54. The van der Waals surface area contributed by atoms with Crippen molar-refractivity contribution in [2.45, 2.75) is 0 Å². The molecule has 0 fully saturated rings. The standard InChI is InChI=1S/C33H20N4S/c1-3-12-22(13-4-1)31-34-32(23-14-5-2-6-15-23)36-33(35-31)37-28-24-16-8-7-11-21(24)19-20-26(28)30-29(37)25-17-9-10-18-27(25)38-30/h1-20H. The van der Waals surface area contributed by atoms with Crippen LogP contribution in [0.3, 0.4) is 0 Å². The minimum atomic E-state index is 0.623. The number of rotatable bonds is 3. The van der Waals surface area contributed by atoms with Gasteiger partial charge in [-0.05, 0) is 11.5 Å². The minimum absolute atomic E-state index is 0.623. The lowest BCUT2D eigenvalue weighted by Gasteiger charge is -2.12. The normalized spacial score (nSPS) is 11.7. The smallest absolute Gasteiger partial charge is 0.238 e. The Morgan fingerprint density at radius 2 is 1.08 bits per heavy atom. The number of benzene rings is 5. The maximum atomic E-state index is 5.11. The lowest BCUT2D eigenvalue weighted by Crippen LogP contribution is -2.06. The summed E-state index contributed by atoms with van der Waals surface area (Å²) in [5.41, 5.74) is 4.18. The summed E-state index contributed by atoms with van der Waals surface area (Å²) in [4.78, 5) is 15.1. The molecule has 0 saturated heterocycles. The summed E-state index contributed by atoms with van der Waals surface area (Å²) in [6.07, 6.45) is 0. The van der Waals surface area contributed by atoms with Gasteiger partial charge in [-0.1, -0.05) is 115 Å². The van der Waals surface area contributed by atoms with Gasteiger partial charge in [0, 0.05) is 32.0 Å². The molecule has 0 atom stereocenters. The molecule has 0 unspecified atom stereocenters. The fourth-order valence-electron chi connectivity index (χ4n) is 5.32. The molecule has 178 valence electrons. The van der Waals surface area contributed by atoms with Gasteiger partial charge in [-0.25, -0.2) is 4.98 Å². The average molecular weight is 505 g/mol. The summed E-state index contributed by atoms with van der Waals surface area (Å²) in [6, 6.07) is 41.9. The van der Waals surface area contributed by atoms with Gasteiger partial charge in [0.1, 0.15) is 0 Å². The summed E-state index contributed by atoms with van der Waals surface area (Å²) < 4.78 is 4.75. The van der Waals surface area contributed by atoms with E-state index < -0.39 is 0 Å². The maximum absolute atomic E-state index is 5.11. The Balaban J connectivity index is 1.56. The van der Waals surface area contributed by atoms with Crippen LogP contribution in [0.1, 0.15) is 0 Å². The average Bonchev–Trinajstić information content (AvgIpc) is 3.53. The second-order valence-corrected chi connectivity index (χ2v) is 10.4. The lowest BCUT2D eigenvalue weighted by atomic mass is 10.1. The van der Waals surface area contributed by atoms with Gasteiger partial charge < -0.3 is 0 Å². The highest BCUT2D eigenvalue weighted by molar-refractivity contribution is 7.26. The van der Waals surface area contributed by atoms with E-state index >= 15 is 0 Å². The van der Waals surface area contributed by atoms with Crippen molar-refractivity contribution in [2.75, 3.05) is 0 Å². The molecule has 8 rings (SSSR count). The first kappa shape index (κ1) is 21.2. The number of thiophene rings is 1. The van der Waals surface area contributed by atoms with Gasteiger partial charge in [-0.2, -0.15) is 9.97 Å². The molecule has 3 heterocycles. The van der Waals surface area contributed by atoms with Gasteiger partial charge in [0.15, 0.2) is 11.6 Å². The van der Waals surface area contributed by atoms with E-state index in [1.165, 1.54) is 30.9 Å². The third kappa shape index (κ3) is 3.19. The number of hydrogen-bond donors (Lipinski definition) is 0. The monoisotopic (exact) mass is 504 g/mol. The topological polar surface area (TPSA) is 43.6 Å². The summed E-state index contributed by atoms with van der Waals surface area (Å²) in [6.45, 7) is 0. The fraction of sp³-hybridized carbons (Fsp3) is 0. The Hall–Kier alpha value is -4.87. The van der Waals surface area contributed by atoms with Crippen LogP contribution >= 0.6 is 11.3 Å². The van der Waals surface area contributed by atoms with E-state index in [0.717, 1.165) is 22.2 Å². The number of fused-ring (bicyclic) bond motifs is 7. The predicted octanol–water partition coefficient (Wildman–Crippen LogP) is 8.67. The van der Waals surface area contributed by atoms with Crippen LogP contribution in [-0.4, -0.2) is 19.5 Å². The van der Waals surface area contributed by atoms with Gasteiger partial charge in [0.05, 0.1) is 15.7 Å². The molecule has 0 amide bonds. The van der Waals surface area contributed by atoms with Crippen molar-refractivity contribution in [3.63, 3.8) is 0 Å². The van der Waals surface area contributed by atoms with E-state index in [9.17, 15) is 0 Å². The SMILES string of the molecule is c1ccc(-c2nc(-c3ccccc3)nc(-n3c4c5ccccc5ccc4c4sc5ccccc5c43)n2)cc1. The number of aromatic nitrogens is 4. The van der Waals surface area contributed by atoms with Crippen LogP contribution in [0.4, 0.5) is 0 Å². The van der Waals surface area contributed by atoms with Crippen molar-refractivity contribution >= 4 is 53.3 Å². The van der Waals surface area contributed by atoms with Crippen molar-refractivity contribution in [3.05, 3.63) is 121 Å². The van der Waals surface area contributed by atoms with Crippen LogP contribution in [0.25, 0.3) is 70.7 Å². The van der Waals surface area contributed by atoms with Crippen molar-refractivity contribution in [3.8, 4) is 28.7 Å². The largest absolute Gasteiger partial charge is 0.276 e. The van der Waals surface area contributed by atoms with Gasteiger partial charge in [0.25, 0.3) is 0 Å². The van der Waals surface area contributed by atoms with Crippen molar-refractivity contribution in [1.29, 1.82) is 0 Å². The molecule has 0 radical (unpaired) electrons. The van der Waals surface area contributed by atoms with Crippen LogP contribution in [0.2, 0.25) is 0 Å². The molecule has 5 aromatic carbocycles. The zero-order valence-electron chi connectivity index (χ0n) is 20.2. The van der Waals surface area contributed by atoms with E-state index in [-0.39, 0.29) is 0 Å². The Morgan fingerprint density at radius 3 is 1.79 bits per heavy atom. The van der Waals surface area contributed by atoms with Gasteiger partial charge in [0.2, 0.25) is 5.95 Å². The second-order valence-electron chi connectivity index (χ2n) is 9.31. The zero-order chi connectivity index (χ0) is 25.1. The van der Waals surface area contributed by atoms with E-state index in [0.29, 0.717) is 17.6 Å². The van der Waals surface area contributed by atoms with E-state index in [2.05, 4.69) is 65.2 Å². The van der Waals surface area contributed by atoms with Crippen LogP contribution < -0.4 is 0 Å². The zero-order valence-corrected chi connectivity index (χ0v) is 21.1. The lowest BCUT2D eigenvalue weighted by molar-refractivity contribution is 0.957. The van der Waals surface area contributed by atoms with Crippen LogP contribution in [0.5, 0.6) is 0 Å². The molecule has 0 aliphatic heterocycles. The molecule has 5 heteroatoms. The first-order valence-corrected chi connectivity index (χ1v) is 13.4. The molecule has 0 saturated carbocycles. The van der Waals surface area contributed by atoms with Gasteiger partial charge in [-0.15, -0.1) is 11.3 Å². The molecule has 0 N–H and O–H groups in total. The second kappa shape index (κ2) is 8.33. The van der Waals surface area contributed by atoms with Crippen LogP contribution in [0.15, 0.2) is 121 Å². The van der Waals surface area contributed by atoms with E-state index in [1.54, 1.807) is 0 Å². The third-order valence-corrected chi connectivity index (χ3v) is 8.24. The number of hydrogen-bond acceptors (Lipinski definition) is 4. The third-order valence-electron chi connectivity index (χ3n) is 7.05. The molecule has 4 nitrogen and oxygen atoms in total. The predicted molar refractivity (Wildman–Crippen MR) is 158 cm³/mol. The Labute approximate surface area is 222 Å². The Bertz CT molecular complexity index is 2060. The van der Waals surface area contributed by atoms with Crippen molar-refractivity contribution in [2.24, 2.45) is 0 Å². The maximum Gasteiger partial charge on any atom is 0.238 e. The summed E-state index contributed by atoms with van der Waals surface area (Å²) >= 11 is 1.82. The highest BCUT2D eigenvalue weighted by Gasteiger charge is 2.22. The molecule has 0 bridgehead atoms. The first-order valence-electron chi connectivity index (χ1n) is 12.6. The highest BCUT2D eigenvalue weighted by Crippen LogP contribution is 2.44. The highest BCUT2D eigenvalue weighted by atomic mass is 32.1. The molecular weight excluding hydrogens is 484 g/mol. The Kier molecular flexibility index (Phi) is 4.66. The molecule has 0 aliphatic carbocycles. The van der Waals surface area contributed by atoms with Gasteiger partial charge in [-0.3, -0.25) is 4.57 Å². The summed E-state index contributed by atoms with van der Waals surface area (Å²) in [5.74, 6) is 1.94. The van der Waals surface area contributed by atoms with E-state index in [1.807, 2.05) is 72.0 Å². The van der Waals surface area contributed by atoms with Crippen molar-refractivity contribution in [1.82, 2.24) is 19.5 Å². The van der Waals surface area contributed by atoms with Crippen molar-refractivity contribution < 1.29 is 0 Å². The molecule has 8 aromatic rings. The minimum Gasteiger partial charge on any atom is -0.276 e. The van der Waals surface area contributed by atoms with Crippen LogP contribution in [0, 0.1) is 0 Å². The number of nitrogens with zero attached hydrogens (tertiary/aromatic N) is 4. The molecule has 38 heavy (non-hydrogen) atoms. The summed E-state index contributed by atoms with van der Waals surface area (Å²) in [5, 5.41) is 4.79. The Morgan fingerprint density at radius 1 is 0.474 bits per heavy atom. The van der Waals surface area contributed by atoms with Gasteiger partial charge >= 0.3 is 0 Å². The van der Waals surface area contributed by atoms with Crippen LogP contribution in [-0.2, 0) is 0 Å².